The SMILES string of the molecule is C[C@@H]1[C@]2(O[C@H]3C=C4[C@@H]5CC[C@H]6Cc7nc8c(nc7C[C@]6(C)[C@H]5C[C@@H](O)[C@]4(C)[C@]31O)C[C@@]1(C)[C@@H](CC[C@H]3C4=C[C@@H]5O[C@]6(O[C@](C)(CO)C[C@H]6O)[C@@H](C)[C@]5(O)[C@@]4(C)[C@H](O)C[C@@H]31)C8)O[C@](C)(CO)C[C@H]2O. The molecule has 0 amide bonds. The third-order valence-electron chi connectivity index (χ3n) is 23.7. The molecule has 14 nitrogen and oxygen atoms in total. The molecule has 0 radical (unpaired) electrons. The van der Waals surface area contributed by atoms with Crippen molar-refractivity contribution in [3.05, 3.63) is 46.1 Å². The van der Waals surface area contributed by atoms with Gasteiger partial charge in [0.15, 0.2) is 0 Å². The van der Waals surface area contributed by atoms with Crippen molar-refractivity contribution in [3.8, 4) is 0 Å². The van der Waals surface area contributed by atoms with Gasteiger partial charge in [-0.15, -0.1) is 0 Å². The molecule has 5 heterocycles. The number of aliphatic hydroxyl groups excluding tert-OH is 6. The Bertz CT molecular complexity index is 2280. The lowest BCUT2D eigenvalue weighted by atomic mass is 9.44. The van der Waals surface area contributed by atoms with Gasteiger partial charge in [-0.05, 0) is 124 Å². The number of hydrogen-bond donors (Lipinski definition) is 8. The average Bonchev–Trinajstić information content (AvgIpc) is 4.00. The van der Waals surface area contributed by atoms with Crippen LogP contribution in [0.3, 0.4) is 0 Å². The van der Waals surface area contributed by atoms with Gasteiger partial charge in [-0.25, -0.2) is 0 Å². The van der Waals surface area contributed by atoms with Crippen LogP contribution in [0.1, 0.15) is 130 Å². The quantitative estimate of drug-likeness (QED) is 0.199. The van der Waals surface area contributed by atoms with Crippen molar-refractivity contribution in [2.24, 2.45) is 69.0 Å². The zero-order chi connectivity index (χ0) is 48.1. The molecule has 8 fully saturated rings. The van der Waals surface area contributed by atoms with E-state index in [1.807, 2.05) is 27.7 Å². The van der Waals surface area contributed by atoms with Crippen molar-refractivity contribution in [3.63, 3.8) is 0 Å². The zero-order valence-corrected chi connectivity index (χ0v) is 41.2. The summed E-state index contributed by atoms with van der Waals surface area (Å²) in [7, 11) is 0. The fraction of sp³-hybridized carbons (Fsp3) is 0.852. The second-order valence-electron chi connectivity index (χ2n) is 26.4. The number of nitrogens with zero attached hydrogens (tertiary/aromatic N) is 2. The van der Waals surface area contributed by atoms with Gasteiger partial charge in [-0.3, -0.25) is 9.97 Å². The van der Waals surface area contributed by atoms with Gasteiger partial charge in [0, 0.05) is 35.5 Å². The van der Waals surface area contributed by atoms with Crippen LogP contribution in [-0.4, -0.2) is 135 Å². The van der Waals surface area contributed by atoms with Gasteiger partial charge in [0.05, 0.1) is 59.4 Å². The molecule has 1 aromatic rings. The van der Waals surface area contributed by atoms with E-state index in [0.717, 1.165) is 85.3 Å². The Hall–Kier alpha value is -1.92. The molecule has 0 bridgehead atoms. The van der Waals surface area contributed by atoms with Crippen molar-refractivity contribution in [2.45, 2.75) is 203 Å². The lowest BCUT2D eigenvalue weighted by Gasteiger charge is -2.62. The summed E-state index contributed by atoms with van der Waals surface area (Å²) in [5.74, 6) is -3.02. The van der Waals surface area contributed by atoms with Crippen molar-refractivity contribution in [1.29, 1.82) is 0 Å². The number of aromatic nitrogens is 2. The largest absolute Gasteiger partial charge is 0.393 e. The first-order valence-electron chi connectivity index (χ1n) is 26.3. The van der Waals surface area contributed by atoms with Gasteiger partial charge in [0.25, 0.3) is 0 Å². The Morgan fingerprint density at radius 2 is 0.941 bits per heavy atom. The minimum atomic E-state index is -1.52. The maximum atomic E-state index is 13.0. The van der Waals surface area contributed by atoms with Crippen molar-refractivity contribution >= 4 is 0 Å². The number of ether oxygens (including phenoxy) is 4. The highest BCUT2D eigenvalue weighted by Crippen LogP contribution is 2.73. The van der Waals surface area contributed by atoms with E-state index in [0.29, 0.717) is 24.7 Å². The van der Waals surface area contributed by atoms with Crippen LogP contribution in [-0.2, 0) is 44.6 Å². The number of rotatable bonds is 2. The molecule has 2 spiro atoms. The summed E-state index contributed by atoms with van der Waals surface area (Å²) < 4.78 is 26.1. The average molecular weight is 945 g/mol. The van der Waals surface area contributed by atoms with Gasteiger partial charge in [-0.2, -0.15) is 0 Å². The molecule has 1 aromatic heterocycles. The van der Waals surface area contributed by atoms with Crippen LogP contribution in [0.4, 0.5) is 0 Å². The molecule has 0 unspecified atom stereocenters. The van der Waals surface area contributed by atoms with Crippen LogP contribution in [0.5, 0.6) is 0 Å². The van der Waals surface area contributed by atoms with Crippen molar-refractivity contribution < 1.29 is 59.8 Å². The summed E-state index contributed by atoms with van der Waals surface area (Å²) in [6, 6.07) is 0. The second kappa shape index (κ2) is 13.6. The minimum Gasteiger partial charge on any atom is -0.393 e. The molecular formula is C54H76N2O12. The predicted molar refractivity (Wildman–Crippen MR) is 244 cm³/mol. The van der Waals surface area contributed by atoms with E-state index in [1.165, 1.54) is 0 Å². The Morgan fingerprint density at radius 3 is 1.31 bits per heavy atom. The minimum absolute atomic E-state index is 0.135. The van der Waals surface area contributed by atoms with Crippen molar-refractivity contribution in [1.82, 2.24) is 9.97 Å². The fourth-order valence-corrected chi connectivity index (χ4v) is 19.5. The number of hydrogen-bond acceptors (Lipinski definition) is 14. The van der Waals surface area contributed by atoms with Crippen LogP contribution in [0.15, 0.2) is 23.3 Å². The summed E-state index contributed by atoms with van der Waals surface area (Å²) in [4.78, 5) is 11.1. The van der Waals surface area contributed by atoms with Gasteiger partial charge in [0.1, 0.15) is 35.6 Å². The summed E-state index contributed by atoms with van der Waals surface area (Å²) in [5.41, 5.74) is -0.918. The third-order valence-corrected chi connectivity index (χ3v) is 23.7. The highest BCUT2D eigenvalue weighted by Gasteiger charge is 2.81. The molecule has 374 valence electrons. The molecule has 4 saturated heterocycles. The van der Waals surface area contributed by atoms with Crippen LogP contribution < -0.4 is 0 Å². The van der Waals surface area contributed by atoms with Gasteiger partial charge >= 0.3 is 0 Å². The van der Waals surface area contributed by atoms with E-state index >= 15 is 0 Å². The number of aliphatic hydroxyl groups is 8. The first-order valence-corrected chi connectivity index (χ1v) is 26.3. The fourth-order valence-electron chi connectivity index (χ4n) is 19.5. The van der Waals surface area contributed by atoms with E-state index < -0.39 is 93.3 Å². The van der Waals surface area contributed by atoms with E-state index in [-0.39, 0.29) is 60.6 Å². The summed E-state index contributed by atoms with van der Waals surface area (Å²) in [5, 5.41) is 94.1. The summed E-state index contributed by atoms with van der Waals surface area (Å²) >= 11 is 0. The van der Waals surface area contributed by atoms with Crippen LogP contribution in [0.25, 0.3) is 0 Å². The second-order valence-corrected chi connectivity index (χ2v) is 26.4. The van der Waals surface area contributed by atoms with E-state index in [9.17, 15) is 40.9 Å². The van der Waals surface area contributed by atoms with Crippen LogP contribution in [0, 0.1) is 69.0 Å². The summed E-state index contributed by atoms with van der Waals surface area (Å²) in [6.45, 7) is 15.5. The lowest BCUT2D eigenvalue weighted by molar-refractivity contribution is -0.280. The third kappa shape index (κ3) is 4.99. The van der Waals surface area contributed by atoms with Crippen LogP contribution >= 0.6 is 0 Å². The molecule has 4 aliphatic heterocycles. The molecule has 24 atom stereocenters. The first kappa shape index (κ1) is 45.9. The molecule has 8 aliphatic carbocycles. The van der Waals surface area contributed by atoms with Gasteiger partial charge < -0.3 is 59.8 Å². The Labute approximate surface area is 399 Å². The highest BCUT2D eigenvalue weighted by atomic mass is 16.8. The maximum Gasteiger partial charge on any atom is 0.201 e. The molecule has 13 rings (SSSR count). The monoisotopic (exact) mass is 945 g/mol. The Kier molecular flexibility index (Phi) is 9.19. The molecule has 68 heavy (non-hydrogen) atoms. The Balaban J connectivity index is 0.783. The molecular weight excluding hydrogens is 869 g/mol. The topological polar surface area (TPSA) is 225 Å². The smallest absolute Gasteiger partial charge is 0.201 e. The van der Waals surface area contributed by atoms with E-state index in [1.54, 1.807) is 13.8 Å². The van der Waals surface area contributed by atoms with Crippen molar-refractivity contribution in [2.75, 3.05) is 13.2 Å². The maximum absolute atomic E-state index is 13.0. The molecule has 12 aliphatic rings. The summed E-state index contributed by atoms with van der Waals surface area (Å²) in [6.07, 6.45) is 7.36. The lowest BCUT2D eigenvalue weighted by Crippen LogP contribution is -2.65. The molecule has 8 N–H and O–H groups in total. The molecule has 0 aromatic carbocycles. The van der Waals surface area contributed by atoms with Gasteiger partial charge in [0.2, 0.25) is 11.6 Å². The Morgan fingerprint density at radius 1 is 0.559 bits per heavy atom. The normalized spacial score (nSPS) is 60.0. The molecule has 14 heteroatoms. The number of fused-ring (bicyclic) bond motifs is 16. The standard InChI is InChI=1S/C54H76N2O12/c1-25-51(63)43(65-53(25)41(61)21-45(3,23-57)67-53)17-33-29-11-9-27-13-35-37(19-47(27,5)31(29)15-39(59)49(33,51)7)56-38-20-48(6)28(14-36(38)55-35)10-12-30-32(48)16-40(60)50(8)34(30)18-44-52(50,64)26(2)54(66-44)42(62)22-46(4,24-58)68-54/h17-18,25-32,39-44,57-64H,9-16,19-24H2,1-8H3/t25-,26-,27-,28-,29+,30+,31-,32-,39+,40+,41+,42+,43-,44-,45-,46-,47-,48-,49+,50+,51+,52+,53-,54-/m0/s1. The van der Waals surface area contributed by atoms with E-state index in [4.69, 9.17) is 28.9 Å². The van der Waals surface area contributed by atoms with E-state index in [2.05, 4.69) is 26.0 Å². The van der Waals surface area contributed by atoms with Crippen LogP contribution in [0.2, 0.25) is 0 Å². The van der Waals surface area contributed by atoms with Gasteiger partial charge in [-0.1, -0.05) is 64.8 Å². The zero-order valence-electron chi connectivity index (χ0n) is 41.2. The highest BCUT2D eigenvalue weighted by molar-refractivity contribution is 5.45. The molecule has 4 saturated carbocycles. The first-order chi connectivity index (χ1) is 31.9. The predicted octanol–water partition coefficient (Wildman–Crippen LogP) is 3.38.